The number of carboxylic acids is 1. The minimum Gasteiger partial charge on any atom is -0.480 e. The summed E-state index contributed by atoms with van der Waals surface area (Å²) in [6, 6.07) is -3.87. The van der Waals surface area contributed by atoms with E-state index in [1.165, 1.54) is 6.92 Å². The lowest BCUT2D eigenvalue weighted by molar-refractivity contribution is -0.143. The number of hydrogen-bond donors (Lipinski definition) is 6. The van der Waals surface area contributed by atoms with Crippen molar-refractivity contribution in [3.8, 4) is 0 Å². The van der Waals surface area contributed by atoms with Crippen LogP contribution in [0.1, 0.15) is 33.6 Å². The number of aliphatic hydroxyl groups excluding tert-OH is 1. The highest BCUT2D eigenvalue weighted by Crippen LogP contribution is 2.08. The second-order valence-corrected chi connectivity index (χ2v) is 5.71. The molecule has 138 valence electrons. The molecule has 0 radical (unpaired) electrons. The van der Waals surface area contributed by atoms with Crippen LogP contribution in [0.15, 0.2) is 0 Å². The van der Waals surface area contributed by atoms with Crippen molar-refractivity contribution >= 4 is 23.7 Å². The van der Waals surface area contributed by atoms with Crippen LogP contribution in [0.4, 0.5) is 0 Å². The molecule has 5 atom stereocenters. The Morgan fingerprint density at radius 2 is 1.62 bits per heavy atom. The molecule has 0 aliphatic rings. The van der Waals surface area contributed by atoms with Gasteiger partial charge in [0.05, 0.1) is 12.5 Å². The molecule has 0 aromatic heterocycles. The Morgan fingerprint density at radius 1 is 1.08 bits per heavy atom. The fourth-order valence-corrected chi connectivity index (χ4v) is 1.83. The van der Waals surface area contributed by atoms with Crippen molar-refractivity contribution in [2.75, 3.05) is 0 Å². The largest absolute Gasteiger partial charge is 0.480 e. The van der Waals surface area contributed by atoms with E-state index in [0.29, 0.717) is 6.42 Å². The Hall–Kier alpha value is -2.20. The molecule has 0 rings (SSSR count). The highest BCUT2D eigenvalue weighted by molar-refractivity contribution is 5.94. The molecule has 0 bridgehead atoms. The predicted molar refractivity (Wildman–Crippen MR) is 84.4 cm³/mol. The Kier molecular flexibility index (Phi) is 8.93. The molecule has 0 unspecified atom stereocenters. The van der Waals surface area contributed by atoms with Crippen LogP contribution in [0.3, 0.4) is 0 Å². The molecule has 10 heteroatoms. The summed E-state index contributed by atoms with van der Waals surface area (Å²) in [5.41, 5.74) is 10.5. The number of carbonyl (C=O) groups excluding carboxylic acids is 3. The van der Waals surface area contributed by atoms with Gasteiger partial charge in [-0.25, -0.2) is 4.79 Å². The molecule has 0 spiro atoms. The van der Waals surface area contributed by atoms with Crippen molar-refractivity contribution in [1.82, 2.24) is 10.6 Å². The molecule has 0 saturated carbocycles. The van der Waals surface area contributed by atoms with Gasteiger partial charge in [0.25, 0.3) is 0 Å². The Labute approximate surface area is 139 Å². The monoisotopic (exact) mass is 346 g/mol. The lowest BCUT2D eigenvalue weighted by Crippen LogP contribution is -2.57. The Bertz CT molecular complexity index is 482. The highest BCUT2D eigenvalue weighted by Gasteiger charge is 2.31. The van der Waals surface area contributed by atoms with Crippen molar-refractivity contribution in [1.29, 1.82) is 0 Å². The van der Waals surface area contributed by atoms with Crippen molar-refractivity contribution in [2.24, 2.45) is 17.4 Å². The zero-order chi connectivity index (χ0) is 19.0. The average Bonchev–Trinajstić information content (AvgIpc) is 2.48. The number of rotatable bonds is 10. The molecule has 0 aliphatic heterocycles. The minimum atomic E-state index is -1.38. The number of amides is 3. The molecule has 0 heterocycles. The number of primary amides is 1. The van der Waals surface area contributed by atoms with E-state index in [4.69, 9.17) is 11.5 Å². The second kappa shape index (κ2) is 9.83. The number of hydrogen-bond acceptors (Lipinski definition) is 6. The molecule has 0 saturated heterocycles. The summed E-state index contributed by atoms with van der Waals surface area (Å²) in [5, 5.41) is 23.0. The molecular formula is C14H26N4O6. The SMILES string of the molecule is CC[C@H](C)[C@H](NC(=O)[C@H](CC(N)=O)NC(=O)[C@@H](N)[C@@H](C)O)C(=O)O. The van der Waals surface area contributed by atoms with Gasteiger partial charge in [0.1, 0.15) is 18.1 Å². The first-order valence-electron chi connectivity index (χ1n) is 7.56. The number of carbonyl (C=O) groups is 4. The van der Waals surface area contributed by atoms with E-state index >= 15 is 0 Å². The molecule has 0 aromatic carbocycles. The van der Waals surface area contributed by atoms with Crippen LogP contribution in [-0.4, -0.2) is 58.1 Å². The standard InChI is InChI=1S/C14H26N4O6/c1-4-6(2)11(14(23)24)18-12(21)8(5-9(15)20)17-13(22)10(16)7(3)19/h6-8,10-11,19H,4-5,16H2,1-3H3,(H2,15,20)(H,17,22)(H,18,21)(H,23,24)/t6-,7+,8-,10-,11-/m0/s1. The van der Waals surface area contributed by atoms with Crippen molar-refractivity contribution in [2.45, 2.75) is 57.8 Å². The molecule has 8 N–H and O–H groups in total. The molecular weight excluding hydrogens is 320 g/mol. The smallest absolute Gasteiger partial charge is 0.326 e. The number of aliphatic carboxylic acids is 1. The van der Waals surface area contributed by atoms with Gasteiger partial charge < -0.3 is 32.3 Å². The number of nitrogens with one attached hydrogen (secondary N) is 2. The zero-order valence-corrected chi connectivity index (χ0v) is 14.0. The summed E-state index contributed by atoms with van der Waals surface area (Å²) >= 11 is 0. The van der Waals surface area contributed by atoms with E-state index < -0.39 is 54.3 Å². The third-order valence-corrected chi connectivity index (χ3v) is 3.64. The molecule has 24 heavy (non-hydrogen) atoms. The summed E-state index contributed by atoms with van der Waals surface area (Å²) < 4.78 is 0. The average molecular weight is 346 g/mol. The van der Waals surface area contributed by atoms with Crippen LogP contribution in [0.25, 0.3) is 0 Å². The lowest BCUT2D eigenvalue weighted by Gasteiger charge is -2.25. The fourth-order valence-electron chi connectivity index (χ4n) is 1.83. The highest BCUT2D eigenvalue weighted by atomic mass is 16.4. The van der Waals surface area contributed by atoms with E-state index in [9.17, 15) is 29.4 Å². The maximum absolute atomic E-state index is 12.2. The topological polar surface area (TPSA) is 185 Å². The summed E-state index contributed by atoms with van der Waals surface area (Å²) in [6.07, 6.45) is -1.21. The van der Waals surface area contributed by atoms with Crippen LogP contribution in [-0.2, 0) is 19.2 Å². The Morgan fingerprint density at radius 3 is 2.00 bits per heavy atom. The molecule has 0 aliphatic carbocycles. The third kappa shape index (κ3) is 6.92. The van der Waals surface area contributed by atoms with Gasteiger partial charge in [-0.2, -0.15) is 0 Å². The first kappa shape index (κ1) is 21.8. The summed E-state index contributed by atoms with van der Waals surface area (Å²) in [4.78, 5) is 46.4. The van der Waals surface area contributed by atoms with E-state index in [0.717, 1.165) is 0 Å². The fraction of sp³-hybridized carbons (Fsp3) is 0.714. The zero-order valence-electron chi connectivity index (χ0n) is 14.0. The van der Waals surface area contributed by atoms with Gasteiger partial charge in [-0.3, -0.25) is 14.4 Å². The van der Waals surface area contributed by atoms with Gasteiger partial charge in [0, 0.05) is 0 Å². The quantitative estimate of drug-likeness (QED) is 0.256. The maximum atomic E-state index is 12.2. The molecule has 0 aromatic rings. The minimum absolute atomic E-state index is 0.365. The van der Waals surface area contributed by atoms with Crippen molar-refractivity contribution < 1.29 is 29.4 Å². The number of nitrogens with two attached hydrogens (primary N) is 2. The van der Waals surface area contributed by atoms with Crippen LogP contribution in [0.5, 0.6) is 0 Å². The first-order chi connectivity index (χ1) is 11.0. The van der Waals surface area contributed by atoms with Gasteiger partial charge in [0.2, 0.25) is 17.7 Å². The summed E-state index contributed by atoms with van der Waals surface area (Å²) in [5.74, 6) is -4.19. The van der Waals surface area contributed by atoms with Gasteiger partial charge >= 0.3 is 5.97 Å². The third-order valence-electron chi connectivity index (χ3n) is 3.64. The van der Waals surface area contributed by atoms with E-state index in [1.54, 1.807) is 13.8 Å². The van der Waals surface area contributed by atoms with Gasteiger partial charge in [-0.15, -0.1) is 0 Å². The summed E-state index contributed by atoms with van der Waals surface area (Å²) in [7, 11) is 0. The van der Waals surface area contributed by atoms with Gasteiger partial charge in [0.15, 0.2) is 0 Å². The van der Waals surface area contributed by atoms with Crippen LogP contribution in [0.2, 0.25) is 0 Å². The van der Waals surface area contributed by atoms with Crippen LogP contribution in [0, 0.1) is 5.92 Å². The van der Waals surface area contributed by atoms with Crippen LogP contribution < -0.4 is 22.1 Å². The normalized spacial score (nSPS) is 17.0. The molecule has 0 fully saturated rings. The predicted octanol–water partition coefficient (Wildman–Crippen LogP) is -2.33. The molecule has 3 amide bonds. The number of carboxylic acid groups (broad SMARTS) is 1. The van der Waals surface area contributed by atoms with Gasteiger partial charge in [-0.05, 0) is 12.8 Å². The van der Waals surface area contributed by atoms with E-state index in [2.05, 4.69) is 10.6 Å². The second-order valence-electron chi connectivity index (χ2n) is 5.71. The van der Waals surface area contributed by atoms with Crippen LogP contribution >= 0.6 is 0 Å². The first-order valence-corrected chi connectivity index (χ1v) is 7.56. The molecule has 10 nitrogen and oxygen atoms in total. The number of aliphatic hydroxyl groups is 1. The lowest BCUT2D eigenvalue weighted by atomic mass is 9.98. The van der Waals surface area contributed by atoms with E-state index in [-0.39, 0.29) is 5.92 Å². The van der Waals surface area contributed by atoms with E-state index in [1.807, 2.05) is 0 Å². The van der Waals surface area contributed by atoms with Crippen molar-refractivity contribution in [3.63, 3.8) is 0 Å². The van der Waals surface area contributed by atoms with Gasteiger partial charge in [-0.1, -0.05) is 20.3 Å². The maximum Gasteiger partial charge on any atom is 0.326 e. The Balaban J connectivity index is 5.15. The van der Waals surface area contributed by atoms with Crippen molar-refractivity contribution in [3.05, 3.63) is 0 Å². The summed E-state index contributed by atoms with van der Waals surface area (Å²) in [6.45, 7) is 4.69.